The molecule has 3 aromatic rings. The summed E-state index contributed by atoms with van der Waals surface area (Å²) in [6.45, 7) is 2.46. The van der Waals surface area contributed by atoms with Crippen LogP contribution in [0.1, 0.15) is 22.7 Å². The molecule has 4 rings (SSSR count). The molecule has 10 heteroatoms. The van der Waals surface area contributed by atoms with Gasteiger partial charge in [0.05, 0.1) is 22.0 Å². The van der Waals surface area contributed by atoms with E-state index in [9.17, 15) is 17.6 Å². The first-order valence-corrected chi connectivity index (χ1v) is 12.3. The zero-order valence-corrected chi connectivity index (χ0v) is 18.9. The lowest BCUT2D eigenvalue weighted by Gasteiger charge is -2.10. The molecule has 2 heterocycles. The van der Waals surface area contributed by atoms with Crippen molar-refractivity contribution in [2.45, 2.75) is 31.1 Å². The lowest BCUT2D eigenvalue weighted by Crippen LogP contribution is -2.29. The van der Waals surface area contributed by atoms with Crippen molar-refractivity contribution in [3.05, 3.63) is 64.2 Å². The topological polar surface area (TPSA) is 101 Å². The summed E-state index contributed by atoms with van der Waals surface area (Å²) < 4.78 is 41.0. The van der Waals surface area contributed by atoms with Gasteiger partial charge in [0.1, 0.15) is 11.7 Å². The van der Waals surface area contributed by atoms with Gasteiger partial charge in [-0.15, -0.1) is 11.3 Å². The number of aromatic nitrogens is 1. The predicted octanol–water partition coefficient (Wildman–Crippen LogP) is 3.91. The molecule has 1 aromatic heterocycles. The molecule has 166 valence electrons. The Morgan fingerprint density at radius 2 is 1.97 bits per heavy atom. The Balaban J connectivity index is 1.48. The maximum atomic E-state index is 13.3. The number of anilines is 1. The van der Waals surface area contributed by atoms with E-state index in [0.717, 1.165) is 21.9 Å². The molecule has 0 fully saturated rings. The number of aliphatic imine (C=N–C) groups is 1. The Bertz CT molecular complexity index is 1280. The number of amidine groups is 1. The van der Waals surface area contributed by atoms with E-state index in [1.54, 1.807) is 24.3 Å². The van der Waals surface area contributed by atoms with Crippen molar-refractivity contribution in [2.24, 2.45) is 4.99 Å². The fourth-order valence-corrected chi connectivity index (χ4v) is 5.44. The standard InChI is InChI=1S/C22H21FN4O3S2/c1-14-25-22(15-7-9-16(23)10-8-15)19(31-14)13-21(28)26-17-4-2-5-18(12-17)32(29,30)27-20-6-3-11-24-20/h2,4-5,7-10,12H,3,6,11,13H2,1H3,(H,24,27)(H,26,28). The molecule has 0 atom stereocenters. The minimum absolute atomic E-state index is 0.0468. The molecular formula is C22H21FN4O3S2. The summed E-state index contributed by atoms with van der Waals surface area (Å²) in [5.41, 5.74) is 1.74. The van der Waals surface area contributed by atoms with Crippen LogP contribution in [0.2, 0.25) is 0 Å². The van der Waals surface area contributed by atoms with Gasteiger partial charge < -0.3 is 5.32 Å². The number of hydrogen-bond acceptors (Lipinski definition) is 6. The van der Waals surface area contributed by atoms with E-state index in [1.165, 1.54) is 35.6 Å². The second-order valence-electron chi connectivity index (χ2n) is 7.30. The molecule has 1 amide bonds. The first-order chi connectivity index (χ1) is 15.3. The number of aryl methyl sites for hydroxylation is 1. The van der Waals surface area contributed by atoms with E-state index in [2.05, 4.69) is 20.0 Å². The maximum absolute atomic E-state index is 13.3. The summed E-state index contributed by atoms with van der Waals surface area (Å²) in [7, 11) is -3.77. The van der Waals surface area contributed by atoms with Crippen LogP contribution in [0.3, 0.4) is 0 Å². The quantitative estimate of drug-likeness (QED) is 0.568. The van der Waals surface area contributed by atoms with Gasteiger partial charge in [-0.05, 0) is 55.8 Å². The summed E-state index contributed by atoms with van der Waals surface area (Å²) >= 11 is 1.39. The average Bonchev–Trinajstić information content (AvgIpc) is 3.38. The average molecular weight is 473 g/mol. The largest absolute Gasteiger partial charge is 0.326 e. The number of benzene rings is 2. The van der Waals surface area contributed by atoms with Gasteiger partial charge in [-0.2, -0.15) is 0 Å². The van der Waals surface area contributed by atoms with Gasteiger partial charge in [-0.25, -0.2) is 17.8 Å². The lowest BCUT2D eigenvalue weighted by atomic mass is 10.1. The highest BCUT2D eigenvalue weighted by Gasteiger charge is 2.19. The predicted molar refractivity (Wildman–Crippen MR) is 123 cm³/mol. The Labute approximate surface area is 189 Å². The van der Waals surface area contributed by atoms with Crippen LogP contribution in [0.5, 0.6) is 0 Å². The van der Waals surface area contributed by atoms with Gasteiger partial charge in [0.15, 0.2) is 0 Å². The molecular weight excluding hydrogens is 451 g/mol. The molecule has 0 saturated carbocycles. The minimum atomic E-state index is -3.77. The number of thiazole rings is 1. The first-order valence-electron chi connectivity index (χ1n) is 9.98. The second kappa shape index (κ2) is 9.17. The third-order valence-corrected chi connectivity index (χ3v) is 7.15. The molecule has 0 aliphatic carbocycles. The van der Waals surface area contributed by atoms with Crippen LogP contribution in [0.25, 0.3) is 11.3 Å². The van der Waals surface area contributed by atoms with Crippen molar-refractivity contribution in [3.8, 4) is 11.3 Å². The highest BCUT2D eigenvalue weighted by atomic mass is 32.2. The van der Waals surface area contributed by atoms with E-state index >= 15 is 0 Å². The van der Waals surface area contributed by atoms with Crippen LogP contribution in [-0.2, 0) is 21.2 Å². The number of carbonyl (C=O) groups excluding carboxylic acids is 1. The van der Waals surface area contributed by atoms with Gasteiger partial charge in [-0.1, -0.05) is 6.07 Å². The van der Waals surface area contributed by atoms with E-state index in [0.29, 0.717) is 30.2 Å². The number of sulfonamides is 1. The number of nitrogens with zero attached hydrogens (tertiary/aromatic N) is 2. The second-order valence-corrected chi connectivity index (χ2v) is 10.3. The third-order valence-electron chi connectivity index (χ3n) is 4.80. The molecule has 0 radical (unpaired) electrons. The normalized spacial score (nSPS) is 13.6. The Hall–Kier alpha value is -3.11. The summed E-state index contributed by atoms with van der Waals surface area (Å²) in [5, 5.41) is 3.54. The first kappa shape index (κ1) is 22.1. The summed E-state index contributed by atoms with van der Waals surface area (Å²) in [6, 6.07) is 12.0. The van der Waals surface area contributed by atoms with Crippen molar-refractivity contribution in [3.63, 3.8) is 0 Å². The number of rotatable bonds is 6. The Kier molecular flexibility index (Phi) is 6.33. The van der Waals surface area contributed by atoms with Crippen molar-refractivity contribution in [1.29, 1.82) is 0 Å². The fraction of sp³-hybridized carbons (Fsp3) is 0.227. The maximum Gasteiger partial charge on any atom is 0.262 e. The SMILES string of the molecule is Cc1nc(-c2ccc(F)cc2)c(CC(=O)Nc2cccc(S(=O)(=O)NC3=NCCC3)c2)s1. The van der Waals surface area contributed by atoms with Gasteiger partial charge in [0.2, 0.25) is 5.91 Å². The summed E-state index contributed by atoms with van der Waals surface area (Å²) in [5.74, 6) is -0.197. The monoisotopic (exact) mass is 472 g/mol. The van der Waals surface area contributed by atoms with Gasteiger partial charge in [0, 0.05) is 29.1 Å². The molecule has 1 aliphatic heterocycles. The molecule has 1 aliphatic rings. The molecule has 2 N–H and O–H groups in total. The number of hydrogen-bond donors (Lipinski definition) is 2. The van der Waals surface area contributed by atoms with Crippen LogP contribution < -0.4 is 10.0 Å². The molecule has 0 bridgehead atoms. The zero-order valence-electron chi connectivity index (χ0n) is 17.3. The van der Waals surface area contributed by atoms with E-state index in [1.807, 2.05) is 6.92 Å². The molecule has 0 spiro atoms. The van der Waals surface area contributed by atoms with Crippen molar-refractivity contribution < 1.29 is 17.6 Å². The summed E-state index contributed by atoms with van der Waals surface area (Å²) in [6.07, 6.45) is 1.48. The van der Waals surface area contributed by atoms with E-state index in [-0.39, 0.29) is 23.0 Å². The number of nitrogens with one attached hydrogen (secondary N) is 2. The number of halogens is 1. The Morgan fingerprint density at radius 1 is 1.19 bits per heavy atom. The van der Waals surface area contributed by atoms with E-state index in [4.69, 9.17) is 0 Å². The Morgan fingerprint density at radius 3 is 2.69 bits per heavy atom. The van der Waals surface area contributed by atoms with Gasteiger partial charge >= 0.3 is 0 Å². The van der Waals surface area contributed by atoms with Crippen LogP contribution >= 0.6 is 11.3 Å². The highest BCUT2D eigenvalue weighted by Crippen LogP contribution is 2.29. The zero-order chi connectivity index (χ0) is 22.7. The summed E-state index contributed by atoms with van der Waals surface area (Å²) in [4.78, 5) is 22.1. The van der Waals surface area contributed by atoms with Crippen molar-refractivity contribution >= 4 is 38.8 Å². The number of carbonyl (C=O) groups is 1. The molecule has 0 unspecified atom stereocenters. The minimum Gasteiger partial charge on any atom is -0.326 e. The lowest BCUT2D eigenvalue weighted by molar-refractivity contribution is -0.115. The third kappa shape index (κ3) is 5.20. The van der Waals surface area contributed by atoms with Crippen LogP contribution in [0, 0.1) is 12.7 Å². The van der Waals surface area contributed by atoms with Gasteiger partial charge in [0.25, 0.3) is 10.0 Å². The van der Waals surface area contributed by atoms with Crippen molar-refractivity contribution in [1.82, 2.24) is 9.71 Å². The molecule has 0 saturated heterocycles. The molecule has 2 aromatic carbocycles. The highest BCUT2D eigenvalue weighted by molar-refractivity contribution is 7.90. The van der Waals surface area contributed by atoms with Crippen LogP contribution in [-0.4, -0.2) is 31.7 Å². The van der Waals surface area contributed by atoms with Gasteiger partial charge in [-0.3, -0.25) is 14.5 Å². The number of amides is 1. The molecule has 7 nitrogen and oxygen atoms in total. The fourth-order valence-electron chi connectivity index (χ4n) is 3.35. The molecule has 32 heavy (non-hydrogen) atoms. The van der Waals surface area contributed by atoms with Crippen molar-refractivity contribution in [2.75, 3.05) is 11.9 Å². The van der Waals surface area contributed by atoms with E-state index < -0.39 is 10.0 Å². The smallest absolute Gasteiger partial charge is 0.262 e. The van der Waals surface area contributed by atoms with Crippen LogP contribution in [0.4, 0.5) is 10.1 Å². The van der Waals surface area contributed by atoms with Crippen LogP contribution in [0.15, 0.2) is 58.4 Å².